The smallest absolute Gasteiger partial charge is 0.303 e. The number of hydrogen-bond donors (Lipinski definition) is 1. The Kier molecular flexibility index (Phi) is 6.56. The number of benzene rings is 1. The third-order valence-corrected chi connectivity index (χ3v) is 3.32. The number of carboxylic acids is 1. The maximum Gasteiger partial charge on any atom is 0.303 e. The number of carbonyl (C=O) groups excluding carboxylic acids is 1. The summed E-state index contributed by atoms with van der Waals surface area (Å²) in [4.78, 5) is 23.8. The second-order valence-corrected chi connectivity index (χ2v) is 5.36. The maximum atomic E-state index is 11.8. The number of aryl methyl sites for hydroxylation is 1. The van der Waals surface area contributed by atoms with Gasteiger partial charge in [0.2, 0.25) is 5.91 Å². The molecule has 0 aliphatic carbocycles. The first kappa shape index (κ1) is 15.7. The molecule has 0 saturated heterocycles. The van der Waals surface area contributed by atoms with Gasteiger partial charge in [0, 0.05) is 30.9 Å². The molecule has 0 bridgehead atoms. The highest BCUT2D eigenvalue weighted by molar-refractivity contribution is 9.10. The van der Waals surface area contributed by atoms with Crippen LogP contribution in [0.25, 0.3) is 0 Å². The van der Waals surface area contributed by atoms with Crippen LogP contribution in [0.2, 0.25) is 0 Å². The van der Waals surface area contributed by atoms with Crippen molar-refractivity contribution >= 4 is 27.8 Å². The Bertz CT molecular complexity index is 448. The average Bonchev–Trinajstić information content (AvgIpc) is 2.35. The summed E-state index contributed by atoms with van der Waals surface area (Å²) < 4.78 is 1.01. The Balaban J connectivity index is 2.32. The lowest BCUT2D eigenvalue weighted by Gasteiger charge is -2.16. The molecule has 0 fully saturated rings. The molecule has 0 unspecified atom stereocenters. The normalized spacial score (nSPS) is 10.2. The van der Waals surface area contributed by atoms with Gasteiger partial charge >= 0.3 is 5.97 Å². The molecule has 0 aromatic heterocycles. The number of rotatable bonds is 7. The molecule has 0 spiro atoms. The Morgan fingerprint density at radius 2 is 2.05 bits per heavy atom. The summed E-state index contributed by atoms with van der Waals surface area (Å²) in [6, 6.07) is 7.88. The SMILES string of the molecule is CN(CCCC(=O)O)C(=O)CCc1cccc(Br)c1. The lowest BCUT2D eigenvalue weighted by Crippen LogP contribution is -2.28. The highest BCUT2D eigenvalue weighted by atomic mass is 79.9. The van der Waals surface area contributed by atoms with Crippen LogP contribution in [0.4, 0.5) is 0 Å². The fraction of sp³-hybridized carbons (Fsp3) is 0.429. The van der Waals surface area contributed by atoms with Crippen LogP contribution < -0.4 is 0 Å². The molecule has 1 aromatic rings. The molecule has 4 nitrogen and oxygen atoms in total. The molecule has 1 rings (SSSR count). The number of nitrogens with zero attached hydrogens (tertiary/aromatic N) is 1. The number of amides is 1. The standard InChI is InChI=1S/C14H18BrNO3/c1-16(9-3-6-14(18)19)13(17)8-7-11-4-2-5-12(15)10-11/h2,4-5,10H,3,6-9H2,1H3,(H,18,19). The molecular formula is C14H18BrNO3. The number of hydrogen-bond acceptors (Lipinski definition) is 2. The lowest BCUT2D eigenvalue weighted by atomic mass is 10.1. The summed E-state index contributed by atoms with van der Waals surface area (Å²) in [5.74, 6) is -0.777. The molecule has 5 heteroatoms. The van der Waals surface area contributed by atoms with Crippen LogP contribution in [-0.2, 0) is 16.0 Å². The lowest BCUT2D eigenvalue weighted by molar-refractivity contribution is -0.138. The van der Waals surface area contributed by atoms with Crippen LogP contribution in [0.15, 0.2) is 28.7 Å². The van der Waals surface area contributed by atoms with Crippen molar-refractivity contribution in [3.63, 3.8) is 0 Å². The molecular weight excluding hydrogens is 310 g/mol. The zero-order valence-corrected chi connectivity index (χ0v) is 12.5. The van der Waals surface area contributed by atoms with E-state index in [9.17, 15) is 9.59 Å². The van der Waals surface area contributed by atoms with E-state index in [1.807, 2.05) is 24.3 Å². The predicted octanol–water partition coefficient (Wildman–Crippen LogP) is 2.70. The van der Waals surface area contributed by atoms with Crippen LogP contribution in [0.1, 0.15) is 24.8 Å². The highest BCUT2D eigenvalue weighted by Gasteiger charge is 2.09. The van der Waals surface area contributed by atoms with Gasteiger partial charge in [-0.05, 0) is 30.5 Å². The van der Waals surface area contributed by atoms with E-state index in [1.54, 1.807) is 11.9 Å². The van der Waals surface area contributed by atoms with E-state index in [4.69, 9.17) is 5.11 Å². The summed E-state index contributed by atoms with van der Waals surface area (Å²) in [5.41, 5.74) is 1.11. The van der Waals surface area contributed by atoms with E-state index in [0.29, 0.717) is 25.8 Å². The largest absolute Gasteiger partial charge is 0.481 e. The van der Waals surface area contributed by atoms with Gasteiger partial charge in [-0.3, -0.25) is 9.59 Å². The van der Waals surface area contributed by atoms with Gasteiger partial charge in [-0.15, -0.1) is 0 Å². The number of carboxylic acid groups (broad SMARTS) is 1. The second-order valence-electron chi connectivity index (χ2n) is 4.44. The van der Waals surface area contributed by atoms with Crippen molar-refractivity contribution in [3.05, 3.63) is 34.3 Å². The zero-order valence-electron chi connectivity index (χ0n) is 10.9. The van der Waals surface area contributed by atoms with Crippen LogP contribution in [0, 0.1) is 0 Å². The third kappa shape index (κ3) is 6.38. The van der Waals surface area contributed by atoms with E-state index < -0.39 is 5.97 Å². The molecule has 1 aromatic carbocycles. The zero-order chi connectivity index (χ0) is 14.3. The van der Waals surface area contributed by atoms with E-state index in [2.05, 4.69) is 15.9 Å². The van der Waals surface area contributed by atoms with Crippen molar-refractivity contribution in [2.24, 2.45) is 0 Å². The Morgan fingerprint density at radius 1 is 1.32 bits per heavy atom. The molecule has 0 radical (unpaired) electrons. The van der Waals surface area contributed by atoms with Gasteiger partial charge in [0.05, 0.1) is 0 Å². The first-order valence-electron chi connectivity index (χ1n) is 6.19. The summed E-state index contributed by atoms with van der Waals surface area (Å²) in [6.45, 7) is 0.490. The Hall–Kier alpha value is -1.36. The summed E-state index contributed by atoms with van der Waals surface area (Å²) in [5, 5.41) is 8.54. The van der Waals surface area contributed by atoms with E-state index in [1.165, 1.54) is 0 Å². The predicted molar refractivity (Wildman–Crippen MR) is 77.0 cm³/mol. The van der Waals surface area contributed by atoms with Crippen molar-refractivity contribution in [1.82, 2.24) is 4.90 Å². The minimum absolute atomic E-state index is 0.0466. The Labute approximate surface area is 121 Å². The van der Waals surface area contributed by atoms with Crippen LogP contribution in [-0.4, -0.2) is 35.5 Å². The van der Waals surface area contributed by atoms with Gasteiger partial charge in [0.25, 0.3) is 0 Å². The summed E-state index contributed by atoms with van der Waals surface area (Å²) in [6.07, 6.45) is 1.74. The van der Waals surface area contributed by atoms with Gasteiger partial charge in [0.1, 0.15) is 0 Å². The van der Waals surface area contributed by atoms with Crippen LogP contribution in [0.5, 0.6) is 0 Å². The topological polar surface area (TPSA) is 57.6 Å². The fourth-order valence-corrected chi connectivity index (χ4v) is 2.17. The van der Waals surface area contributed by atoms with Gasteiger partial charge in [-0.2, -0.15) is 0 Å². The molecule has 0 atom stereocenters. The number of carbonyl (C=O) groups is 2. The quantitative estimate of drug-likeness (QED) is 0.837. The monoisotopic (exact) mass is 327 g/mol. The van der Waals surface area contributed by atoms with Crippen molar-refractivity contribution in [1.29, 1.82) is 0 Å². The van der Waals surface area contributed by atoms with Crippen molar-refractivity contribution < 1.29 is 14.7 Å². The Morgan fingerprint density at radius 3 is 2.68 bits per heavy atom. The van der Waals surface area contributed by atoms with E-state index in [0.717, 1.165) is 10.0 Å². The number of halogens is 1. The van der Waals surface area contributed by atoms with E-state index >= 15 is 0 Å². The van der Waals surface area contributed by atoms with Crippen LogP contribution in [0.3, 0.4) is 0 Å². The maximum absolute atomic E-state index is 11.8. The molecule has 1 amide bonds. The van der Waals surface area contributed by atoms with Gasteiger partial charge in [-0.25, -0.2) is 0 Å². The molecule has 0 saturated carbocycles. The summed E-state index contributed by atoms with van der Waals surface area (Å²) in [7, 11) is 1.71. The molecule has 0 aliphatic heterocycles. The summed E-state index contributed by atoms with van der Waals surface area (Å²) >= 11 is 3.39. The first-order chi connectivity index (χ1) is 8.99. The second kappa shape index (κ2) is 7.94. The average molecular weight is 328 g/mol. The molecule has 1 N–H and O–H groups in total. The minimum atomic E-state index is -0.824. The highest BCUT2D eigenvalue weighted by Crippen LogP contribution is 2.13. The molecule has 0 heterocycles. The first-order valence-corrected chi connectivity index (χ1v) is 6.98. The van der Waals surface area contributed by atoms with Gasteiger partial charge in [0.15, 0.2) is 0 Å². The van der Waals surface area contributed by atoms with Crippen molar-refractivity contribution in [2.75, 3.05) is 13.6 Å². The van der Waals surface area contributed by atoms with E-state index in [-0.39, 0.29) is 12.3 Å². The number of aliphatic carboxylic acids is 1. The fourth-order valence-electron chi connectivity index (χ4n) is 1.73. The molecule has 19 heavy (non-hydrogen) atoms. The minimum Gasteiger partial charge on any atom is -0.481 e. The third-order valence-electron chi connectivity index (χ3n) is 2.83. The molecule has 0 aliphatic rings. The molecule has 104 valence electrons. The van der Waals surface area contributed by atoms with Gasteiger partial charge in [-0.1, -0.05) is 28.1 Å². The van der Waals surface area contributed by atoms with Gasteiger partial charge < -0.3 is 10.0 Å². The van der Waals surface area contributed by atoms with Crippen LogP contribution >= 0.6 is 15.9 Å². The van der Waals surface area contributed by atoms with Crippen molar-refractivity contribution in [3.8, 4) is 0 Å². The van der Waals surface area contributed by atoms with Crippen molar-refractivity contribution in [2.45, 2.75) is 25.7 Å².